The number of hydrogen-bond donors (Lipinski definition) is 2. The van der Waals surface area contributed by atoms with Crippen LogP contribution in [0.4, 0.5) is 17.5 Å². The fourth-order valence-electron chi connectivity index (χ4n) is 4.40. The lowest BCUT2D eigenvalue weighted by atomic mass is 10.1. The third-order valence-corrected chi connectivity index (χ3v) is 6.78. The van der Waals surface area contributed by atoms with Crippen molar-refractivity contribution in [2.75, 3.05) is 44.6 Å². The zero-order valence-corrected chi connectivity index (χ0v) is 21.3. The van der Waals surface area contributed by atoms with Gasteiger partial charge >= 0.3 is 0 Å². The smallest absolute Gasteiger partial charge is 0.264 e. The SMILES string of the molecule is COc1cc(Nc2nc(N(C)C3CN(C(=O)C(C#N)=CC4CC4)C3)n3ccnc3c2C(N)=O)cc(OC)c1. The van der Waals surface area contributed by atoms with Crippen molar-refractivity contribution < 1.29 is 19.1 Å². The van der Waals surface area contributed by atoms with E-state index in [4.69, 9.17) is 20.2 Å². The van der Waals surface area contributed by atoms with Gasteiger partial charge in [-0.1, -0.05) is 6.08 Å². The van der Waals surface area contributed by atoms with Crippen LogP contribution < -0.4 is 25.4 Å². The number of nitrogens with zero attached hydrogens (tertiary/aromatic N) is 6. The summed E-state index contributed by atoms with van der Waals surface area (Å²) in [6.45, 7) is 0.870. The summed E-state index contributed by atoms with van der Waals surface area (Å²) in [7, 11) is 4.95. The maximum Gasteiger partial charge on any atom is 0.264 e. The lowest BCUT2D eigenvalue weighted by Gasteiger charge is -2.44. The molecule has 196 valence electrons. The van der Waals surface area contributed by atoms with Crippen molar-refractivity contribution in [3.05, 3.63) is 47.8 Å². The Morgan fingerprint density at radius 2 is 1.89 bits per heavy atom. The average molecular weight is 517 g/mol. The predicted octanol–water partition coefficient (Wildman–Crippen LogP) is 2.10. The van der Waals surface area contributed by atoms with E-state index in [1.807, 2.05) is 18.0 Å². The van der Waals surface area contributed by atoms with Crippen LogP contribution in [0.1, 0.15) is 23.2 Å². The number of aromatic nitrogens is 3. The number of primary amides is 1. The van der Waals surface area contributed by atoms with Gasteiger partial charge < -0.3 is 30.3 Å². The highest BCUT2D eigenvalue weighted by molar-refractivity contribution is 6.04. The molecule has 2 aromatic heterocycles. The number of likely N-dealkylation sites (tertiary alicyclic amines) is 1. The van der Waals surface area contributed by atoms with Crippen molar-refractivity contribution >= 4 is 34.9 Å². The quantitative estimate of drug-likeness (QED) is 0.322. The zero-order valence-electron chi connectivity index (χ0n) is 21.3. The first-order chi connectivity index (χ1) is 18.3. The Morgan fingerprint density at radius 1 is 1.21 bits per heavy atom. The Balaban J connectivity index is 1.44. The van der Waals surface area contributed by atoms with Crippen LogP contribution in [0.25, 0.3) is 5.65 Å². The van der Waals surface area contributed by atoms with E-state index < -0.39 is 5.91 Å². The van der Waals surface area contributed by atoms with E-state index in [-0.39, 0.29) is 28.9 Å². The topological polar surface area (TPSA) is 151 Å². The van der Waals surface area contributed by atoms with Crippen LogP contribution in [0.2, 0.25) is 0 Å². The molecule has 2 amide bonds. The number of anilines is 3. The Bertz CT molecular complexity index is 1460. The largest absolute Gasteiger partial charge is 0.497 e. The first-order valence-electron chi connectivity index (χ1n) is 12.1. The molecule has 2 fully saturated rings. The number of benzene rings is 1. The minimum atomic E-state index is -0.688. The van der Waals surface area contributed by atoms with Crippen molar-refractivity contribution in [3.8, 4) is 17.6 Å². The van der Waals surface area contributed by atoms with E-state index in [1.54, 1.807) is 60.2 Å². The summed E-state index contributed by atoms with van der Waals surface area (Å²) in [5, 5.41) is 12.6. The van der Waals surface area contributed by atoms with Crippen LogP contribution in [0, 0.1) is 17.2 Å². The van der Waals surface area contributed by atoms with Crippen LogP contribution in [0.3, 0.4) is 0 Å². The monoisotopic (exact) mass is 516 g/mol. The Morgan fingerprint density at radius 3 is 2.47 bits per heavy atom. The second-order valence-electron chi connectivity index (χ2n) is 9.35. The van der Waals surface area contributed by atoms with Gasteiger partial charge in [0.1, 0.15) is 28.7 Å². The number of nitrogens with one attached hydrogen (secondary N) is 1. The molecule has 0 spiro atoms. The molecule has 1 aromatic carbocycles. The van der Waals surface area contributed by atoms with Gasteiger partial charge in [0.05, 0.1) is 20.3 Å². The highest BCUT2D eigenvalue weighted by Crippen LogP contribution is 2.33. The second-order valence-corrected chi connectivity index (χ2v) is 9.35. The predicted molar refractivity (Wildman–Crippen MR) is 140 cm³/mol. The average Bonchev–Trinajstić information content (AvgIpc) is 3.58. The van der Waals surface area contributed by atoms with Gasteiger partial charge in [-0.05, 0) is 18.8 Å². The van der Waals surface area contributed by atoms with Crippen LogP contribution >= 0.6 is 0 Å². The third-order valence-electron chi connectivity index (χ3n) is 6.78. The molecule has 2 aliphatic rings. The van der Waals surface area contributed by atoms with E-state index >= 15 is 0 Å². The molecule has 1 aliphatic carbocycles. The normalized spacial score (nSPS) is 15.5. The standard InChI is InChI=1S/C26H28N8O4/c1-32(18-13-33(14-18)25(36)16(12-27)8-15-4-5-15)26-31-23(21(22(28)35)24-29-6-7-34(24)26)30-17-9-19(37-2)11-20(10-17)38-3/h6-11,15,18,30H,4-5,13-14H2,1-3H3,(H2,28,35). The van der Waals surface area contributed by atoms with Gasteiger partial charge in [-0.15, -0.1) is 0 Å². The molecule has 3 N–H and O–H groups in total. The maximum atomic E-state index is 12.8. The first kappa shape index (κ1) is 24.9. The van der Waals surface area contributed by atoms with Gasteiger partial charge in [0.2, 0.25) is 5.95 Å². The van der Waals surface area contributed by atoms with Crippen LogP contribution in [0.5, 0.6) is 11.5 Å². The molecular formula is C26H28N8O4. The lowest BCUT2D eigenvalue weighted by Crippen LogP contribution is -2.61. The number of amides is 2. The summed E-state index contributed by atoms with van der Waals surface area (Å²) >= 11 is 0. The fourth-order valence-corrected chi connectivity index (χ4v) is 4.40. The Labute approximate surface area is 219 Å². The number of rotatable bonds is 9. The number of allylic oxidation sites excluding steroid dienone is 1. The summed E-state index contributed by atoms with van der Waals surface area (Å²) in [6, 6.07) is 7.20. The summed E-state index contributed by atoms with van der Waals surface area (Å²) in [4.78, 5) is 38.0. The highest BCUT2D eigenvalue weighted by Gasteiger charge is 2.37. The van der Waals surface area contributed by atoms with E-state index in [0.717, 1.165) is 12.8 Å². The number of imidazole rings is 1. The zero-order chi connectivity index (χ0) is 27.0. The summed E-state index contributed by atoms with van der Waals surface area (Å²) in [5.41, 5.74) is 7.00. The number of carbonyl (C=O) groups excluding carboxylic acids is 2. The van der Waals surface area contributed by atoms with Crippen molar-refractivity contribution in [3.63, 3.8) is 0 Å². The number of fused-ring (bicyclic) bond motifs is 1. The molecule has 0 unspecified atom stereocenters. The maximum absolute atomic E-state index is 12.8. The molecule has 0 bridgehead atoms. The number of methoxy groups -OCH3 is 2. The summed E-state index contributed by atoms with van der Waals surface area (Å²) in [5.74, 6) is 1.24. The molecular weight excluding hydrogens is 488 g/mol. The minimum Gasteiger partial charge on any atom is -0.497 e. The van der Waals surface area contributed by atoms with Crippen molar-refractivity contribution in [1.82, 2.24) is 19.3 Å². The number of carbonyl (C=O) groups is 2. The number of nitriles is 1. The molecule has 3 aromatic rings. The van der Waals surface area contributed by atoms with Crippen LogP contribution in [-0.4, -0.2) is 71.5 Å². The van der Waals surface area contributed by atoms with Crippen LogP contribution in [-0.2, 0) is 4.79 Å². The number of nitrogens with two attached hydrogens (primary N) is 1. The molecule has 5 rings (SSSR count). The molecule has 1 aliphatic heterocycles. The van der Waals surface area contributed by atoms with Gasteiger partial charge in [0, 0.05) is 56.4 Å². The summed E-state index contributed by atoms with van der Waals surface area (Å²) < 4.78 is 12.4. The van der Waals surface area contributed by atoms with E-state index in [9.17, 15) is 14.9 Å². The van der Waals surface area contributed by atoms with E-state index in [0.29, 0.717) is 47.8 Å². The molecule has 12 heteroatoms. The van der Waals surface area contributed by atoms with Gasteiger partial charge in [0.25, 0.3) is 11.8 Å². The highest BCUT2D eigenvalue weighted by atomic mass is 16.5. The fraction of sp³-hybridized carbons (Fsp3) is 0.346. The van der Waals surface area contributed by atoms with Crippen molar-refractivity contribution in [2.24, 2.45) is 11.7 Å². The second kappa shape index (κ2) is 9.93. The van der Waals surface area contributed by atoms with E-state index in [1.165, 1.54) is 0 Å². The van der Waals surface area contributed by atoms with Gasteiger partial charge in [0.15, 0.2) is 11.5 Å². The molecule has 1 saturated heterocycles. The lowest BCUT2D eigenvalue weighted by molar-refractivity contribution is -0.130. The summed E-state index contributed by atoms with van der Waals surface area (Å²) in [6.07, 6.45) is 7.10. The first-order valence-corrected chi connectivity index (χ1v) is 12.1. The van der Waals surface area contributed by atoms with Gasteiger partial charge in [-0.25, -0.2) is 4.98 Å². The number of hydrogen-bond acceptors (Lipinski definition) is 9. The minimum absolute atomic E-state index is 0.0536. The third kappa shape index (κ3) is 4.66. The van der Waals surface area contributed by atoms with Crippen LogP contribution in [0.15, 0.2) is 42.2 Å². The Kier molecular flexibility index (Phi) is 6.50. The molecule has 3 heterocycles. The molecule has 0 radical (unpaired) electrons. The molecule has 0 atom stereocenters. The molecule has 12 nitrogen and oxygen atoms in total. The van der Waals surface area contributed by atoms with Gasteiger partial charge in [-0.2, -0.15) is 10.2 Å². The molecule has 38 heavy (non-hydrogen) atoms. The van der Waals surface area contributed by atoms with Gasteiger partial charge in [-0.3, -0.25) is 14.0 Å². The number of likely N-dealkylation sites (N-methyl/N-ethyl adjacent to an activating group) is 1. The van der Waals surface area contributed by atoms with E-state index in [2.05, 4.69) is 10.3 Å². The molecule has 1 saturated carbocycles. The van der Waals surface area contributed by atoms with Crippen molar-refractivity contribution in [2.45, 2.75) is 18.9 Å². The number of ether oxygens (including phenoxy) is 2. The van der Waals surface area contributed by atoms with Crippen molar-refractivity contribution in [1.29, 1.82) is 5.26 Å². The Hall–Kier alpha value is -4.79.